The third-order valence-corrected chi connectivity index (χ3v) is 3.75. The maximum absolute atomic E-state index is 13.6. The van der Waals surface area contributed by atoms with Crippen molar-refractivity contribution < 1.29 is 13.9 Å². The highest BCUT2D eigenvalue weighted by Gasteiger charge is 2.06. The molecule has 0 unspecified atom stereocenters. The molecule has 0 fully saturated rings. The SMILES string of the molecule is COC(=O)c1ccc(NC(=S)NCc2cc(Br)ccc2F)cc1. The third-order valence-electron chi connectivity index (χ3n) is 3.01. The number of rotatable bonds is 4. The average molecular weight is 397 g/mol. The maximum Gasteiger partial charge on any atom is 0.337 e. The number of benzene rings is 2. The molecule has 0 aliphatic carbocycles. The van der Waals surface area contributed by atoms with Crippen molar-refractivity contribution in [1.82, 2.24) is 5.32 Å². The second-order valence-corrected chi connectivity index (χ2v) is 5.94. The number of carbonyl (C=O) groups excluding carboxylic acids is 1. The summed E-state index contributed by atoms with van der Waals surface area (Å²) in [6.45, 7) is 0.261. The summed E-state index contributed by atoms with van der Waals surface area (Å²) in [5, 5.41) is 6.25. The fourth-order valence-corrected chi connectivity index (χ4v) is 2.44. The first-order chi connectivity index (χ1) is 11.0. The van der Waals surface area contributed by atoms with E-state index in [1.807, 2.05) is 0 Å². The highest BCUT2D eigenvalue weighted by molar-refractivity contribution is 9.10. The van der Waals surface area contributed by atoms with E-state index in [2.05, 4.69) is 31.3 Å². The van der Waals surface area contributed by atoms with Gasteiger partial charge in [0.15, 0.2) is 5.11 Å². The predicted octanol–water partition coefficient (Wildman–Crippen LogP) is 3.86. The number of carbonyl (C=O) groups is 1. The van der Waals surface area contributed by atoms with Crippen LogP contribution in [0, 0.1) is 5.82 Å². The first-order valence-electron chi connectivity index (χ1n) is 6.67. The normalized spacial score (nSPS) is 10.0. The van der Waals surface area contributed by atoms with E-state index in [9.17, 15) is 9.18 Å². The standard InChI is InChI=1S/C16H14BrFN2O2S/c1-22-15(21)10-2-5-13(6-3-10)20-16(23)19-9-11-8-12(17)4-7-14(11)18/h2-8H,9H2,1H3,(H2,19,20,23). The molecule has 0 aromatic heterocycles. The molecule has 2 aromatic rings. The molecule has 2 aromatic carbocycles. The molecule has 7 heteroatoms. The summed E-state index contributed by atoms with van der Waals surface area (Å²) in [4.78, 5) is 11.3. The van der Waals surface area contributed by atoms with Crippen molar-refractivity contribution in [2.24, 2.45) is 0 Å². The molecule has 0 spiro atoms. The first-order valence-corrected chi connectivity index (χ1v) is 7.87. The Morgan fingerprint density at radius 3 is 2.61 bits per heavy atom. The molecule has 0 bridgehead atoms. The lowest BCUT2D eigenvalue weighted by Crippen LogP contribution is -2.28. The zero-order valence-electron chi connectivity index (χ0n) is 12.2. The van der Waals surface area contributed by atoms with Crippen molar-refractivity contribution >= 4 is 44.9 Å². The number of anilines is 1. The molecule has 0 heterocycles. The van der Waals surface area contributed by atoms with Crippen molar-refractivity contribution in [3.8, 4) is 0 Å². The fourth-order valence-electron chi connectivity index (χ4n) is 1.84. The molecular weight excluding hydrogens is 383 g/mol. The van der Waals surface area contributed by atoms with Crippen LogP contribution in [0.2, 0.25) is 0 Å². The third kappa shape index (κ3) is 5.01. The minimum absolute atomic E-state index is 0.261. The summed E-state index contributed by atoms with van der Waals surface area (Å²) in [7, 11) is 1.33. The zero-order valence-corrected chi connectivity index (χ0v) is 14.6. The highest BCUT2D eigenvalue weighted by Crippen LogP contribution is 2.15. The summed E-state index contributed by atoms with van der Waals surface area (Å²) < 4.78 is 19.1. The van der Waals surface area contributed by atoms with Gasteiger partial charge in [-0.1, -0.05) is 15.9 Å². The molecule has 2 rings (SSSR count). The molecule has 0 saturated carbocycles. The van der Waals surface area contributed by atoms with Crippen LogP contribution in [0.15, 0.2) is 46.9 Å². The van der Waals surface area contributed by atoms with E-state index >= 15 is 0 Å². The summed E-state index contributed by atoms with van der Waals surface area (Å²) >= 11 is 8.47. The summed E-state index contributed by atoms with van der Waals surface area (Å²) in [5.74, 6) is -0.701. The lowest BCUT2D eigenvalue weighted by molar-refractivity contribution is 0.0601. The number of methoxy groups -OCH3 is 1. The van der Waals surface area contributed by atoms with E-state index in [0.29, 0.717) is 21.9 Å². The monoisotopic (exact) mass is 396 g/mol. The fraction of sp³-hybridized carbons (Fsp3) is 0.125. The molecule has 0 saturated heterocycles. The summed E-state index contributed by atoms with van der Waals surface area (Å²) in [5.41, 5.74) is 1.67. The molecular formula is C16H14BrFN2O2S. The van der Waals surface area contributed by atoms with Crippen LogP contribution in [0.1, 0.15) is 15.9 Å². The summed E-state index contributed by atoms with van der Waals surface area (Å²) in [6.07, 6.45) is 0. The van der Waals surface area contributed by atoms with Crippen molar-refractivity contribution in [3.63, 3.8) is 0 Å². The Morgan fingerprint density at radius 2 is 1.96 bits per heavy atom. The first kappa shape index (κ1) is 17.4. The van der Waals surface area contributed by atoms with Gasteiger partial charge in [-0.05, 0) is 54.7 Å². The zero-order chi connectivity index (χ0) is 16.8. The van der Waals surface area contributed by atoms with Crippen LogP contribution >= 0.6 is 28.1 Å². The van der Waals surface area contributed by atoms with Crippen molar-refractivity contribution in [2.75, 3.05) is 12.4 Å². The van der Waals surface area contributed by atoms with Crippen molar-refractivity contribution in [2.45, 2.75) is 6.54 Å². The van der Waals surface area contributed by atoms with Gasteiger partial charge in [-0.2, -0.15) is 0 Å². The van der Waals surface area contributed by atoms with Gasteiger partial charge in [-0.25, -0.2) is 9.18 Å². The number of ether oxygens (including phenoxy) is 1. The van der Waals surface area contributed by atoms with Crippen LogP contribution in [-0.4, -0.2) is 18.2 Å². The minimum atomic E-state index is -0.401. The van der Waals surface area contributed by atoms with Gasteiger partial charge in [0.05, 0.1) is 12.7 Å². The van der Waals surface area contributed by atoms with E-state index in [1.54, 1.807) is 36.4 Å². The smallest absolute Gasteiger partial charge is 0.337 e. The van der Waals surface area contributed by atoms with Gasteiger partial charge in [0.2, 0.25) is 0 Å². The Bertz CT molecular complexity index is 723. The molecule has 4 nitrogen and oxygen atoms in total. The van der Waals surface area contributed by atoms with Crippen LogP contribution in [0.25, 0.3) is 0 Å². The molecule has 120 valence electrons. The Kier molecular flexibility index (Phi) is 6.06. The van der Waals surface area contributed by atoms with Gasteiger partial charge in [0.25, 0.3) is 0 Å². The van der Waals surface area contributed by atoms with Gasteiger partial charge >= 0.3 is 5.97 Å². The topological polar surface area (TPSA) is 50.4 Å². The molecule has 0 atom stereocenters. The van der Waals surface area contributed by atoms with Gasteiger partial charge in [-0.15, -0.1) is 0 Å². The molecule has 2 N–H and O–H groups in total. The quantitative estimate of drug-likeness (QED) is 0.606. The number of thiocarbonyl (C=S) groups is 1. The van der Waals surface area contributed by atoms with Crippen LogP contribution in [0.5, 0.6) is 0 Å². The highest BCUT2D eigenvalue weighted by atomic mass is 79.9. The number of halogens is 2. The Morgan fingerprint density at radius 1 is 1.26 bits per heavy atom. The van der Waals surface area contributed by atoms with E-state index in [4.69, 9.17) is 12.2 Å². The Hall–Kier alpha value is -1.99. The lowest BCUT2D eigenvalue weighted by Gasteiger charge is -2.11. The van der Waals surface area contributed by atoms with Gasteiger partial charge in [0, 0.05) is 22.3 Å². The number of esters is 1. The Balaban J connectivity index is 1.92. The van der Waals surface area contributed by atoms with E-state index in [1.165, 1.54) is 13.2 Å². The Labute approximate surface area is 147 Å². The van der Waals surface area contributed by atoms with Crippen molar-refractivity contribution in [3.05, 3.63) is 63.9 Å². The van der Waals surface area contributed by atoms with Gasteiger partial charge < -0.3 is 15.4 Å². The molecule has 0 aliphatic rings. The number of hydrogen-bond acceptors (Lipinski definition) is 3. The molecule has 0 amide bonds. The predicted molar refractivity (Wildman–Crippen MR) is 94.9 cm³/mol. The maximum atomic E-state index is 13.6. The number of nitrogens with one attached hydrogen (secondary N) is 2. The average Bonchev–Trinajstić information content (AvgIpc) is 2.55. The minimum Gasteiger partial charge on any atom is -0.465 e. The number of hydrogen-bond donors (Lipinski definition) is 2. The lowest BCUT2D eigenvalue weighted by atomic mass is 10.2. The van der Waals surface area contributed by atoms with E-state index in [-0.39, 0.29) is 12.4 Å². The summed E-state index contributed by atoms with van der Waals surface area (Å²) in [6, 6.07) is 11.4. The molecule has 0 aliphatic heterocycles. The van der Waals surface area contributed by atoms with E-state index < -0.39 is 5.97 Å². The second kappa shape index (κ2) is 8.03. The van der Waals surface area contributed by atoms with Gasteiger partial charge in [0.1, 0.15) is 5.82 Å². The van der Waals surface area contributed by atoms with Crippen LogP contribution in [0.4, 0.5) is 10.1 Å². The molecule has 23 heavy (non-hydrogen) atoms. The second-order valence-electron chi connectivity index (χ2n) is 4.61. The largest absolute Gasteiger partial charge is 0.465 e. The molecule has 0 radical (unpaired) electrons. The van der Waals surface area contributed by atoms with Crippen LogP contribution < -0.4 is 10.6 Å². The van der Waals surface area contributed by atoms with Crippen LogP contribution in [0.3, 0.4) is 0 Å². The van der Waals surface area contributed by atoms with Gasteiger partial charge in [-0.3, -0.25) is 0 Å². The van der Waals surface area contributed by atoms with E-state index in [0.717, 1.165) is 4.47 Å². The van der Waals surface area contributed by atoms with Crippen LogP contribution in [-0.2, 0) is 11.3 Å². The van der Waals surface area contributed by atoms with Crippen molar-refractivity contribution in [1.29, 1.82) is 0 Å².